The van der Waals surface area contributed by atoms with Crippen molar-refractivity contribution in [2.75, 3.05) is 12.3 Å². The number of hydrogen-bond donors (Lipinski definition) is 2. The fourth-order valence-electron chi connectivity index (χ4n) is 0.955. The third kappa shape index (κ3) is 4.30. The van der Waals surface area contributed by atoms with Crippen molar-refractivity contribution in [1.82, 2.24) is 4.72 Å². The minimum atomic E-state index is -3.49. The van der Waals surface area contributed by atoms with Gasteiger partial charge in [0.15, 0.2) is 0 Å². The molecule has 84 valence electrons. The number of aliphatic hydroxyl groups excluding tert-OH is 1. The Kier molecular flexibility index (Phi) is 3.79. The lowest BCUT2D eigenvalue weighted by Crippen LogP contribution is -2.37. The normalized spacial score (nSPS) is 20.0. The number of sulfonamides is 1. The lowest BCUT2D eigenvalue weighted by molar-refractivity contribution is -0.000452. The topological polar surface area (TPSA) is 66.4 Å². The summed E-state index contributed by atoms with van der Waals surface area (Å²) in [6.07, 6.45) is -3.10. The van der Waals surface area contributed by atoms with E-state index in [9.17, 15) is 17.2 Å². The van der Waals surface area contributed by atoms with Crippen molar-refractivity contribution in [2.45, 2.75) is 25.4 Å². The molecule has 4 nitrogen and oxygen atoms in total. The van der Waals surface area contributed by atoms with Gasteiger partial charge in [0.1, 0.15) is 6.10 Å². The van der Waals surface area contributed by atoms with Crippen LogP contribution in [0.3, 0.4) is 0 Å². The van der Waals surface area contributed by atoms with Crippen molar-refractivity contribution in [3.8, 4) is 0 Å². The first kappa shape index (κ1) is 11.8. The average molecular weight is 229 g/mol. The van der Waals surface area contributed by atoms with Gasteiger partial charge < -0.3 is 5.11 Å². The van der Waals surface area contributed by atoms with Crippen molar-refractivity contribution >= 4 is 10.0 Å². The molecule has 0 heterocycles. The van der Waals surface area contributed by atoms with Crippen molar-refractivity contribution in [2.24, 2.45) is 5.92 Å². The van der Waals surface area contributed by atoms with Crippen LogP contribution < -0.4 is 4.72 Å². The summed E-state index contributed by atoms with van der Waals surface area (Å²) >= 11 is 0. The van der Waals surface area contributed by atoms with Gasteiger partial charge in [0.05, 0.1) is 5.75 Å². The zero-order valence-corrected chi connectivity index (χ0v) is 8.30. The summed E-state index contributed by atoms with van der Waals surface area (Å²) in [5.74, 6) is 0.138. The summed E-state index contributed by atoms with van der Waals surface area (Å²) in [7, 11) is -3.49. The molecule has 1 unspecified atom stereocenters. The van der Waals surface area contributed by atoms with Gasteiger partial charge in [-0.25, -0.2) is 21.9 Å². The van der Waals surface area contributed by atoms with Crippen LogP contribution in [0, 0.1) is 5.92 Å². The predicted octanol–water partition coefficient (Wildman–Crippen LogP) is -0.0582. The Hall–Kier alpha value is -0.270. The Morgan fingerprint density at radius 1 is 1.43 bits per heavy atom. The van der Waals surface area contributed by atoms with Crippen LogP contribution in [-0.4, -0.2) is 38.4 Å². The Labute approximate surface area is 81.4 Å². The average Bonchev–Trinajstić information content (AvgIpc) is 2.83. The standard InChI is InChI=1S/C7H13F2NO3S/c8-7(9)6(11)3-10-14(12,13)4-5-1-2-5/h5-7,10-11H,1-4H2. The van der Waals surface area contributed by atoms with Crippen molar-refractivity contribution < 1.29 is 22.3 Å². The zero-order valence-electron chi connectivity index (χ0n) is 7.49. The molecule has 1 saturated carbocycles. The van der Waals surface area contributed by atoms with Gasteiger partial charge in [-0.05, 0) is 18.8 Å². The van der Waals surface area contributed by atoms with Crippen LogP contribution in [0.25, 0.3) is 0 Å². The molecular formula is C7H13F2NO3S. The molecule has 7 heteroatoms. The van der Waals surface area contributed by atoms with Gasteiger partial charge in [0.25, 0.3) is 6.43 Å². The predicted molar refractivity (Wildman–Crippen MR) is 46.5 cm³/mol. The largest absolute Gasteiger partial charge is 0.386 e. The lowest BCUT2D eigenvalue weighted by Gasteiger charge is -2.10. The quantitative estimate of drug-likeness (QED) is 0.670. The number of halogens is 2. The third-order valence-corrected chi connectivity index (χ3v) is 3.47. The molecule has 0 radical (unpaired) electrons. The van der Waals surface area contributed by atoms with E-state index in [1.807, 2.05) is 4.72 Å². The first-order valence-electron chi connectivity index (χ1n) is 4.34. The highest BCUT2D eigenvalue weighted by Gasteiger charge is 2.28. The summed E-state index contributed by atoms with van der Waals surface area (Å²) in [5.41, 5.74) is 0. The molecule has 14 heavy (non-hydrogen) atoms. The molecular weight excluding hydrogens is 216 g/mol. The minimum absolute atomic E-state index is 0.0248. The highest BCUT2D eigenvalue weighted by Crippen LogP contribution is 2.29. The third-order valence-electron chi connectivity index (χ3n) is 1.96. The molecule has 0 aliphatic heterocycles. The maximum atomic E-state index is 11.8. The van der Waals surface area contributed by atoms with Gasteiger partial charge in [-0.2, -0.15) is 0 Å². The molecule has 1 aliphatic rings. The van der Waals surface area contributed by atoms with Crippen LogP contribution >= 0.6 is 0 Å². The summed E-state index contributed by atoms with van der Waals surface area (Å²) in [6, 6.07) is 0. The van der Waals surface area contributed by atoms with E-state index >= 15 is 0 Å². The molecule has 1 atom stereocenters. The summed E-state index contributed by atoms with van der Waals surface area (Å²) < 4.78 is 47.8. The monoisotopic (exact) mass is 229 g/mol. The zero-order chi connectivity index (χ0) is 10.8. The molecule has 0 amide bonds. The van der Waals surface area contributed by atoms with Crippen LogP contribution in [-0.2, 0) is 10.0 Å². The summed E-state index contributed by atoms with van der Waals surface area (Å²) in [4.78, 5) is 0. The molecule has 0 saturated heterocycles. The fraction of sp³-hybridized carbons (Fsp3) is 1.00. The molecule has 0 aromatic rings. The van der Waals surface area contributed by atoms with E-state index in [0.717, 1.165) is 12.8 Å². The highest BCUT2D eigenvalue weighted by molar-refractivity contribution is 7.89. The van der Waals surface area contributed by atoms with Crippen LogP contribution in [0.15, 0.2) is 0 Å². The van der Waals surface area contributed by atoms with E-state index in [1.165, 1.54) is 0 Å². The van der Waals surface area contributed by atoms with Crippen LogP contribution in [0.1, 0.15) is 12.8 Å². The van der Waals surface area contributed by atoms with E-state index in [0.29, 0.717) is 0 Å². The number of hydrogen-bond acceptors (Lipinski definition) is 3. The number of aliphatic hydroxyl groups is 1. The molecule has 2 N–H and O–H groups in total. The second-order valence-electron chi connectivity index (χ2n) is 3.48. The molecule has 0 bridgehead atoms. The van der Waals surface area contributed by atoms with E-state index in [2.05, 4.69) is 0 Å². The van der Waals surface area contributed by atoms with E-state index in [-0.39, 0.29) is 11.7 Å². The van der Waals surface area contributed by atoms with Crippen LogP contribution in [0.2, 0.25) is 0 Å². The van der Waals surface area contributed by atoms with Gasteiger partial charge in [0, 0.05) is 6.54 Å². The van der Waals surface area contributed by atoms with Gasteiger partial charge >= 0.3 is 0 Å². The van der Waals surface area contributed by atoms with Gasteiger partial charge in [-0.1, -0.05) is 0 Å². The number of alkyl halides is 2. The fourth-order valence-corrected chi connectivity index (χ4v) is 2.45. The van der Waals surface area contributed by atoms with Crippen molar-refractivity contribution in [3.05, 3.63) is 0 Å². The summed E-state index contributed by atoms with van der Waals surface area (Å²) in [6.45, 7) is -0.618. The molecule has 1 aliphatic carbocycles. The highest BCUT2D eigenvalue weighted by atomic mass is 32.2. The maximum Gasteiger partial charge on any atom is 0.265 e. The smallest absolute Gasteiger partial charge is 0.265 e. The van der Waals surface area contributed by atoms with Gasteiger partial charge in [0.2, 0.25) is 10.0 Å². The SMILES string of the molecule is O=S(=O)(CC1CC1)NCC(O)C(F)F. The van der Waals surface area contributed by atoms with Crippen LogP contribution in [0.5, 0.6) is 0 Å². The second-order valence-corrected chi connectivity index (χ2v) is 5.33. The van der Waals surface area contributed by atoms with E-state index in [1.54, 1.807) is 0 Å². The Morgan fingerprint density at radius 2 is 2.00 bits per heavy atom. The van der Waals surface area contributed by atoms with E-state index in [4.69, 9.17) is 5.11 Å². The Bertz CT molecular complexity index is 277. The van der Waals surface area contributed by atoms with Crippen molar-refractivity contribution in [3.63, 3.8) is 0 Å². The number of nitrogens with one attached hydrogen (secondary N) is 1. The van der Waals surface area contributed by atoms with Crippen LogP contribution in [0.4, 0.5) is 8.78 Å². The molecule has 0 aromatic heterocycles. The lowest BCUT2D eigenvalue weighted by atomic mass is 10.4. The molecule has 0 spiro atoms. The minimum Gasteiger partial charge on any atom is -0.386 e. The first-order chi connectivity index (χ1) is 6.41. The Balaban J connectivity index is 2.28. The number of rotatable bonds is 6. The Morgan fingerprint density at radius 3 is 2.43 bits per heavy atom. The first-order valence-corrected chi connectivity index (χ1v) is 5.99. The summed E-state index contributed by atoms with van der Waals surface area (Å²) in [5, 5.41) is 8.66. The van der Waals surface area contributed by atoms with E-state index < -0.39 is 29.1 Å². The van der Waals surface area contributed by atoms with Gasteiger partial charge in [-0.15, -0.1) is 0 Å². The van der Waals surface area contributed by atoms with Crippen molar-refractivity contribution in [1.29, 1.82) is 0 Å². The molecule has 0 aromatic carbocycles. The second kappa shape index (κ2) is 4.50. The molecule has 1 fully saturated rings. The maximum absolute atomic E-state index is 11.8. The van der Waals surface area contributed by atoms with Gasteiger partial charge in [-0.3, -0.25) is 0 Å². The molecule has 1 rings (SSSR count).